The molecule has 0 radical (unpaired) electrons. The normalized spacial score (nSPS) is 14.4. The molecule has 2 aromatic rings. The van der Waals surface area contributed by atoms with Crippen LogP contribution in [0.5, 0.6) is 5.75 Å². The number of hydrogen-bond acceptors (Lipinski definition) is 4. The van der Waals surface area contributed by atoms with E-state index in [2.05, 4.69) is 5.32 Å². The van der Waals surface area contributed by atoms with Crippen molar-refractivity contribution in [2.75, 3.05) is 43.0 Å². The summed E-state index contributed by atoms with van der Waals surface area (Å²) in [6, 6.07) is 14.3. The molecule has 6 nitrogen and oxygen atoms in total. The van der Waals surface area contributed by atoms with Crippen molar-refractivity contribution in [1.29, 1.82) is 0 Å². The summed E-state index contributed by atoms with van der Waals surface area (Å²) in [5.41, 5.74) is 2.49. The standard InChI is InChI=1S/C21H22F3N3O3/c1-15-2-8-18(9-3-15)30-14-19(28)25-16-4-6-17(7-5-16)26-10-12-27(13-11-26)20(29)21(22,23)24/h2-9H,10-14H2,1H3,(H,25,28). The number of amides is 2. The van der Waals surface area contributed by atoms with Crippen LogP contribution < -0.4 is 15.0 Å². The number of anilines is 2. The molecule has 0 bridgehead atoms. The molecule has 1 aliphatic heterocycles. The van der Waals surface area contributed by atoms with Gasteiger partial charge in [0.05, 0.1) is 0 Å². The van der Waals surface area contributed by atoms with Crippen LogP contribution in [0.15, 0.2) is 48.5 Å². The Kier molecular flexibility index (Phi) is 6.49. The molecule has 0 spiro atoms. The number of benzene rings is 2. The summed E-state index contributed by atoms with van der Waals surface area (Å²) in [5.74, 6) is -1.50. The van der Waals surface area contributed by atoms with E-state index < -0.39 is 12.1 Å². The summed E-state index contributed by atoms with van der Waals surface area (Å²) >= 11 is 0. The Balaban J connectivity index is 1.47. The van der Waals surface area contributed by atoms with Gasteiger partial charge in [-0.15, -0.1) is 0 Å². The maximum Gasteiger partial charge on any atom is 0.471 e. The first kappa shape index (κ1) is 21.5. The third kappa shape index (κ3) is 5.65. The molecule has 0 aromatic heterocycles. The predicted octanol–water partition coefficient (Wildman–Crippen LogP) is 3.22. The molecule has 0 saturated carbocycles. The lowest BCUT2D eigenvalue weighted by molar-refractivity contribution is -0.185. The molecule has 160 valence electrons. The molecule has 9 heteroatoms. The van der Waals surface area contributed by atoms with Crippen LogP contribution in [-0.4, -0.2) is 55.7 Å². The van der Waals surface area contributed by atoms with E-state index in [1.807, 2.05) is 24.0 Å². The number of carbonyl (C=O) groups is 2. The fourth-order valence-electron chi connectivity index (χ4n) is 3.08. The SMILES string of the molecule is Cc1ccc(OCC(=O)Nc2ccc(N3CCN(C(=O)C(F)(F)F)CC3)cc2)cc1. The minimum atomic E-state index is -4.84. The number of aryl methyl sites for hydroxylation is 1. The molecule has 1 heterocycles. The zero-order valence-corrected chi connectivity index (χ0v) is 16.4. The summed E-state index contributed by atoms with van der Waals surface area (Å²) in [6.07, 6.45) is -4.84. The predicted molar refractivity (Wildman–Crippen MR) is 107 cm³/mol. The lowest BCUT2D eigenvalue weighted by Gasteiger charge is -2.36. The molecule has 1 fully saturated rings. The van der Waals surface area contributed by atoms with E-state index in [9.17, 15) is 22.8 Å². The van der Waals surface area contributed by atoms with Gasteiger partial charge in [-0.1, -0.05) is 17.7 Å². The monoisotopic (exact) mass is 421 g/mol. The molecule has 30 heavy (non-hydrogen) atoms. The maximum absolute atomic E-state index is 12.5. The van der Waals surface area contributed by atoms with Crippen LogP contribution in [0.3, 0.4) is 0 Å². The van der Waals surface area contributed by atoms with Gasteiger partial charge in [-0.2, -0.15) is 13.2 Å². The summed E-state index contributed by atoms with van der Waals surface area (Å²) < 4.78 is 43.0. The van der Waals surface area contributed by atoms with Crippen LogP contribution in [0, 0.1) is 6.92 Å². The molecular weight excluding hydrogens is 399 g/mol. The average molecular weight is 421 g/mol. The van der Waals surface area contributed by atoms with E-state index in [4.69, 9.17) is 4.74 Å². The van der Waals surface area contributed by atoms with Gasteiger partial charge in [0.15, 0.2) is 6.61 Å². The van der Waals surface area contributed by atoms with Crippen molar-refractivity contribution in [3.05, 3.63) is 54.1 Å². The highest BCUT2D eigenvalue weighted by Gasteiger charge is 2.43. The Morgan fingerprint density at radius 1 is 0.967 bits per heavy atom. The van der Waals surface area contributed by atoms with Crippen LogP contribution in [0.1, 0.15) is 5.56 Å². The Bertz CT molecular complexity index is 875. The van der Waals surface area contributed by atoms with Crippen molar-refractivity contribution in [2.45, 2.75) is 13.1 Å². The second-order valence-corrected chi connectivity index (χ2v) is 6.97. The van der Waals surface area contributed by atoms with Gasteiger partial charge in [0, 0.05) is 37.6 Å². The highest BCUT2D eigenvalue weighted by atomic mass is 19.4. The number of nitrogens with one attached hydrogen (secondary N) is 1. The number of hydrogen-bond donors (Lipinski definition) is 1. The largest absolute Gasteiger partial charge is 0.484 e. The average Bonchev–Trinajstić information content (AvgIpc) is 2.73. The molecule has 0 aliphatic carbocycles. The van der Waals surface area contributed by atoms with Crippen LogP contribution in [-0.2, 0) is 9.59 Å². The highest BCUT2D eigenvalue weighted by Crippen LogP contribution is 2.23. The van der Waals surface area contributed by atoms with Gasteiger partial charge in [-0.05, 0) is 43.3 Å². The number of carbonyl (C=O) groups excluding carboxylic acids is 2. The zero-order valence-electron chi connectivity index (χ0n) is 16.4. The van der Waals surface area contributed by atoms with Crippen molar-refractivity contribution < 1.29 is 27.5 Å². The molecule has 2 amide bonds. The molecule has 0 unspecified atom stereocenters. The molecule has 2 aromatic carbocycles. The third-order valence-electron chi connectivity index (χ3n) is 4.72. The smallest absolute Gasteiger partial charge is 0.471 e. The number of halogens is 3. The minimum absolute atomic E-state index is 0.00712. The first-order valence-corrected chi connectivity index (χ1v) is 9.43. The Hall–Kier alpha value is -3.23. The van der Waals surface area contributed by atoms with E-state index >= 15 is 0 Å². The second kappa shape index (κ2) is 9.06. The molecular formula is C21H22F3N3O3. The van der Waals surface area contributed by atoms with Crippen molar-refractivity contribution in [2.24, 2.45) is 0 Å². The number of ether oxygens (including phenoxy) is 1. The van der Waals surface area contributed by atoms with Gasteiger partial charge in [-0.25, -0.2) is 0 Å². The Morgan fingerprint density at radius 3 is 2.13 bits per heavy atom. The Labute approximate surface area is 172 Å². The zero-order chi connectivity index (χ0) is 21.7. The summed E-state index contributed by atoms with van der Waals surface area (Å²) in [5, 5.41) is 2.73. The summed E-state index contributed by atoms with van der Waals surface area (Å²) in [6.45, 7) is 2.46. The Morgan fingerprint density at radius 2 is 1.57 bits per heavy atom. The highest BCUT2D eigenvalue weighted by molar-refractivity contribution is 5.92. The first-order valence-electron chi connectivity index (χ1n) is 9.43. The van der Waals surface area contributed by atoms with Crippen molar-refractivity contribution in [3.63, 3.8) is 0 Å². The fraction of sp³-hybridized carbons (Fsp3) is 0.333. The topological polar surface area (TPSA) is 61.9 Å². The number of alkyl halides is 3. The lowest BCUT2D eigenvalue weighted by atomic mass is 10.2. The van der Waals surface area contributed by atoms with E-state index in [1.54, 1.807) is 36.4 Å². The fourth-order valence-corrected chi connectivity index (χ4v) is 3.08. The van der Waals surface area contributed by atoms with Gasteiger partial charge in [0.1, 0.15) is 5.75 Å². The van der Waals surface area contributed by atoms with E-state index in [0.717, 1.165) is 16.2 Å². The molecule has 3 rings (SSSR count). The van der Waals surface area contributed by atoms with Crippen molar-refractivity contribution in [3.8, 4) is 5.75 Å². The van der Waals surface area contributed by atoms with Crippen LogP contribution in [0.25, 0.3) is 0 Å². The quantitative estimate of drug-likeness (QED) is 0.806. The van der Waals surface area contributed by atoms with Gasteiger partial charge in [-0.3, -0.25) is 9.59 Å². The molecule has 1 aliphatic rings. The van der Waals surface area contributed by atoms with Gasteiger partial charge in [0.2, 0.25) is 0 Å². The number of rotatable bonds is 5. The molecule has 1 N–H and O–H groups in total. The van der Waals surface area contributed by atoms with Crippen LogP contribution in [0.2, 0.25) is 0 Å². The van der Waals surface area contributed by atoms with Gasteiger partial charge < -0.3 is 19.9 Å². The van der Waals surface area contributed by atoms with Crippen molar-refractivity contribution in [1.82, 2.24) is 4.90 Å². The van der Waals surface area contributed by atoms with Gasteiger partial charge >= 0.3 is 12.1 Å². The van der Waals surface area contributed by atoms with E-state index in [-0.39, 0.29) is 25.6 Å². The minimum Gasteiger partial charge on any atom is -0.484 e. The number of nitrogens with zero attached hydrogens (tertiary/aromatic N) is 2. The number of piperazine rings is 1. The summed E-state index contributed by atoms with van der Waals surface area (Å²) in [7, 11) is 0. The van der Waals surface area contributed by atoms with Crippen LogP contribution >= 0.6 is 0 Å². The van der Waals surface area contributed by atoms with Crippen LogP contribution in [0.4, 0.5) is 24.5 Å². The first-order chi connectivity index (χ1) is 14.2. The second-order valence-electron chi connectivity index (χ2n) is 6.97. The van der Waals surface area contributed by atoms with E-state index in [1.165, 1.54) is 0 Å². The van der Waals surface area contributed by atoms with E-state index in [0.29, 0.717) is 24.5 Å². The third-order valence-corrected chi connectivity index (χ3v) is 4.72. The lowest BCUT2D eigenvalue weighted by Crippen LogP contribution is -2.52. The molecule has 1 saturated heterocycles. The summed E-state index contributed by atoms with van der Waals surface area (Å²) in [4.78, 5) is 26.1. The van der Waals surface area contributed by atoms with Gasteiger partial charge in [0.25, 0.3) is 5.91 Å². The molecule has 0 atom stereocenters. The van der Waals surface area contributed by atoms with Crippen molar-refractivity contribution >= 4 is 23.2 Å². The maximum atomic E-state index is 12.5.